The third-order valence-electron chi connectivity index (χ3n) is 3.55. The van der Waals surface area contributed by atoms with Gasteiger partial charge in [-0.3, -0.25) is 9.52 Å². The van der Waals surface area contributed by atoms with Crippen molar-refractivity contribution in [1.82, 2.24) is 4.98 Å². The van der Waals surface area contributed by atoms with Crippen LogP contribution < -0.4 is 4.72 Å². The monoisotopic (exact) mass is 388 g/mol. The van der Waals surface area contributed by atoms with Crippen molar-refractivity contribution < 1.29 is 17.9 Å². The van der Waals surface area contributed by atoms with E-state index >= 15 is 0 Å². The van der Waals surface area contributed by atoms with Crippen molar-refractivity contribution in [2.24, 2.45) is 0 Å². The molecule has 0 saturated heterocycles. The Morgan fingerprint density at radius 3 is 2.31 bits per heavy atom. The predicted octanol–water partition coefficient (Wildman–Crippen LogP) is 3.33. The molecule has 6 nitrogen and oxygen atoms in total. The minimum absolute atomic E-state index is 0.0374. The van der Waals surface area contributed by atoms with Gasteiger partial charge in [0, 0.05) is 0 Å². The van der Waals surface area contributed by atoms with Gasteiger partial charge in [0.15, 0.2) is 5.13 Å². The van der Waals surface area contributed by atoms with Crippen molar-refractivity contribution in [3.8, 4) is 10.4 Å². The van der Waals surface area contributed by atoms with Crippen LogP contribution in [0.2, 0.25) is 0 Å². The molecule has 0 aliphatic rings. The van der Waals surface area contributed by atoms with E-state index in [2.05, 4.69) is 9.71 Å². The molecule has 1 N–H and O–H groups in total. The molecule has 0 bridgehead atoms. The Bertz CT molecular complexity index is 1000. The molecule has 0 spiro atoms. The van der Waals surface area contributed by atoms with E-state index in [-0.39, 0.29) is 16.4 Å². The fraction of sp³-hybridized carbons (Fsp3) is 0.111. The molecule has 134 valence electrons. The number of thiazole rings is 1. The third-order valence-corrected chi connectivity index (χ3v) is 6.09. The lowest BCUT2D eigenvalue weighted by atomic mass is 10.1. The average Bonchev–Trinajstić information content (AvgIpc) is 3.04. The van der Waals surface area contributed by atoms with Crippen molar-refractivity contribution >= 4 is 32.5 Å². The van der Waals surface area contributed by atoms with Gasteiger partial charge in [0.25, 0.3) is 10.0 Å². The summed E-state index contributed by atoms with van der Waals surface area (Å²) in [6.07, 6.45) is -0.0374. The Kier molecular flexibility index (Phi) is 5.34. The van der Waals surface area contributed by atoms with E-state index < -0.39 is 16.0 Å². The number of anilines is 1. The summed E-state index contributed by atoms with van der Waals surface area (Å²) in [6.45, 7) is 0. The first-order valence-electron chi connectivity index (χ1n) is 7.69. The molecular formula is C18H16N2O4S2. The molecule has 26 heavy (non-hydrogen) atoms. The van der Waals surface area contributed by atoms with E-state index in [1.165, 1.54) is 30.6 Å². The molecule has 8 heteroatoms. The van der Waals surface area contributed by atoms with E-state index in [1.807, 2.05) is 30.3 Å². The number of carbonyl (C=O) groups excluding carboxylic acids is 1. The molecular weight excluding hydrogens is 372 g/mol. The van der Waals surface area contributed by atoms with Crippen LogP contribution in [0.15, 0.2) is 65.6 Å². The summed E-state index contributed by atoms with van der Waals surface area (Å²) in [4.78, 5) is 16.9. The number of methoxy groups -OCH3 is 1. The summed E-state index contributed by atoms with van der Waals surface area (Å²) >= 11 is 1.18. The summed E-state index contributed by atoms with van der Waals surface area (Å²) in [6, 6.07) is 17.4. The van der Waals surface area contributed by atoms with E-state index in [1.54, 1.807) is 18.2 Å². The number of aromatic nitrogens is 1. The highest BCUT2D eigenvalue weighted by Gasteiger charge is 2.20. The number of benzene rings is 2. The second-order valence-corrected chi connectivity index (χ2v) is 8.01. The molecule has 0 radical (unpaired) electrons. The highest BCUT2D eigenvalue weighted by molar-refractivity contribution is 7.93. The van der Waals surface area contributed by atoms with Gasteiger partial charge in [-0.15, -0.1) is 0 Å². The second-order valence-electron chi connectivity index (χ2n) is 5.33. The lowest BCUT2D eigenvalue weighted by Crippen LogP contribution is -2.13. The largest absolute Gasteiger partial charge is 0.469 e. The van der Waals surface area contributed by atoms with Crippen LogP contribution in [0.5, 0.6) is 0 Å². The molecule has 0 amide bonds. The number of sulfonamides is 1. The molecule has 0 aliphatic carbocycles. The minimum Gasteiger partial charge on any atom is -0.469 e. The Morgan fingerprint density at radius 1 is 1.08 bits per heavy atom. The number of nitrogens with zero attached hydrogens (tertiary/aromatic N) is 1. The van der Waals surface area contributed by atoms with Gasteiger partial charge in [0.1, 0.15) is 0 Å². The molecule has 0 unspecified atom stereocenters. The third kappa shape index (κ3) is 4.09. The minimum atomic E-state index is -3.75. The zero-order valence-corrected chi connectivity index (χ0v) is 15.5. The Balaban J connectivity index is 1.97. The van der Waals surface area contributed by atoms with Crippen LogP contribution in [0, 0.1) is 0 Å². The first-order valence-corrected chi connectivity index (χ1v) is 9.99. The van der Waals surface area contributed by atoms with Gasteiger partial charge in [0.2, 0.25) is 0 Å². The van der Waals surface area contributed by atoms with Crippen molar-refractivity contribution in [2.45, 2.75) is 11.3 Å². The number of esters is 1. The second kappa shape index (κ2) is 7.67. The zero-order valence-electron chi connectivity index (χ0n) is 13.9. The van der Waals surface area contributed by atoms with Crippen LogP contribution in [-0.4, -0.2) is 26.5 Å². The Morgan fingerprint density at radius 2 is 1.69 bits per heavy atom. The van der Waals surface area contributed by atoms with Crippen LogP contribution in [0.4, 0.5) is 5.13 Å². The first kappa shape index (κ1) is 18.1. The summed E-state index contributed by atoms with van der Waals surface area (Å²) < 4.78 is 32.2. The van der Waals surface area contributed by atoms with Crippen molar-refractivity contribution in [3.63, 3.8) is 0 Å². The van der Waals surface area contributed by atoms with Crippen LogP contribution in [0.25, 0.3) is 10.4 Å². The lowest BCUT2D eigenvalue weighted by Gasteiger charge is -2.04. The van der Waals surface area contributed by atoms with Gasteiger partial charge in [-0.25, -0.2) is 13.4 Å². The quantitative estimate of drug-likeness (QED) is 0.655. The van der Waals surface area contributed by atoms with E-state index in [0.29, 0.717) is 5.69 Å². The van der Waals surface area contributed by atoms with Crippen LogP contribution >= 0.6 is 11.3 Å². The van der Waals surface area contributed by atoms with E-state index in [0.717, 1.165) is 10.4 Å². The van der Waals surface area contributed by atoms with Gasteiger partial charge in [-0.2, -0.15) is 0 Å². The van der Waals surface area contributed by atoms with Crippen LogP contribution in [0.3, 0.4) is 0 Å². The van der Waals surface area contributed by atoms with Gasteiger partial charge in [-0.05, 0) is 17.7 Å². The van der Waals surface area contributed by atoms with Gasteiger partial charge >= 0.3 is 5.97 Å². The molecule has 0 saturated carbocycles. The predicted molar refractivity (Wildman–Crippen MR) is 101 cm³/mol. The van der Waals surface area contributed by atoms with Gasteiger partial charge in [-0.1, -0.05) is 59.9 Å². The van der Waals surface area contributed by atoms with Crippen molar-refractivity contribution in [2.75, 3.05) is 11.8 Å². The van der Waals surface area contributed by atoms with Gasteiger partial charge in [0.05, 0.1) is 29.0 Å². The molecule has 0 fully saturated rings. The van der Waals surface area contributed by atoms with Crippen LogP contribution in [0.1, 0.15) is 5.69 Å². The Hall–Kier alpha value is -2.71. The topological polar surface area (TPSA) is 85.4 Å². The number of hydrogen-bond donors (Lipinski definition) is 1. The normalized spacial score (nSPS) is 11.1. The number of hydrogen-bond acceptors (Lipinski definition) is 6. The summed E-state index contributed by atoms with van der Waals surface area (Å²) in [5.41, 5.74) is 1.33. The standard InChI is InChI=1S/C18H16N2O4S2/c1-24-16(21)12-15-17(13-8-4-2-5-9-13)25-18(19-15)20-26(22,23)14-10-6-3-7-11-14/h2-11H,12H2,1H3,(H,19,20). The Labute approximate surface area is 155 Å². The van der Waals surface area contributed by atoms with Gasteiger partial charge < -0.3 is 4.74 Å². The van der Waals surface area contributed by atoms with Crippen LogP contribution in [-0.2, 0) is 26.0 Å². The SMILES string of the molecule is COC(=O)Cc1nc(NS(=O)(=O)c2ccccc2)sc1-c1ccccc1. The molecule has 0 atom stereocenters. The molecule has 3 aromatic rings. The molecule has 3 rings (SSSR count). The number of rotatable bonds is 6. The molecule has 1 heterocycles. The summed E-state index contributed by atoms with van der Waals surface area (Å²) in [7, 11) is -2.45. The molecule has 0 aliphatic heterocycles. The smallest absolute Gasteiger partial charge is 0.311 e. The average molecular weight is 388 g/mol. The van der Waals surface area contributed by atoms with E-state index in [9.17, 15) is 13.2 Å². The number of nitrogens with one attached hydrogen (secondary N) is 1. The number of carbonyl (C=O) groups is 1. The summed E-state index contributed by atoms with van der Waals surface area (Å²) in [5.74, 6) is -0.440. The molecule has 1 aromatic heterocycles. The maximum absolute atomic E-state index is 12.5. The van der Waals surface area contributed by atoms with Crippen molar-refractivity contribution in [3.05, 3.63) is 66.4 Å². The maximum Gasteiger partial charge on any atom is 0.311 e. The summed E-state index contributed by atoms with van der Waals surface area (Å²) in [5, 5.41) is 0.201. The highest BCUT2D eigenvalue weighted by atomic mass is 32.2. The zero-order chi connectivity index (χ0) is 18.6. The molecule has 2 aromatic carbocycles. The fourth-order valence-corrected chi connectivity index (χ4v) is 4.56. The maximum atomic E-state index is 12.5. The van der Waals surface area contributed by atoms with Crippen molar-refractivity contribution in [1.29, 1.82) is 0 Å². The first-order chi connectivity index (χ1) is 12.5. The lowest BCUT2D eigenvalue weighted by molar-refractivity contribution is -0.139. The van der Waals surface area contributed by atoms with E-state index in [4.69, 9.17) is 4.74 Å². The highest BCUT2D eigenvalue weighted by Crippen LogP contribution is 2.34. The fourth-order valence-electron chi connectivity index (χ4n) is 2.31. The number of ether oxygens (including phenoxy) is 1.